The third-order valence-corrected chi connectivity index (χ3v) is 4.60. The predicted octanol–water partition coefficient (Wildman–Crippen LogP) is 3.14. The summed E-state index contributed by atoms with van der Waals surface area (Å²) < 4.78 is 27.9. The molecule has 19 heavy (non-hydrogen) atoms. The maximum absolute atomic E-state index is 12.3. The lowest BCUT2D eigenvalue weighted by atomic mass is 10.2. The first-order chi connectivity index (χ1) is 8.88. The van der Waals surface area contributed by atoms with Crippen LogP contribution in [0.25, 0.3) is 0 Å². The van der Waals surface area contributed by atoms with E-state index in [-0.39, 0.29) is 4.90 Å². The zero-order valence-corrected chi connectivity index (χ0v) is 12.6. The molecule has 0 heterocycles. The van der Waals surface area contributed by atoms with Gasteiger partial charge >= 0.3 is 0 Å². The van der Waals surface area contributed by atoms with Crippen LogP contribution in [0.5, 0.6) is 0 Å². The van der Waals surface area contributed by atoms with Gasteiger partial charge in [0.2, 0.25) is 0 Å². The van der Waals surface area contributed by atoms with Gasteiger partial charge in [-0.15, -0.1) is 0 Å². The first-order valence-electron chi connectivity index (χ1n) is 5.53. The molecule has 0 bridgehead atoms. The summed E-state index contributed by atoms with van der Waals surface area (Å²) in [5.74, 6) is 0. The van der Waals surface area contributed by atoms with Crippen molar-refractivity contribution in [2.45, 2.75) is 11.8 Å². The van der Waals surface area contributed by atoms with E-state index < -0.39 is 10.0 Å². The minimum Gasteiger partial charge on any atom is -0.399 e. The molecular weight excluding hydrogens is 328 g/mol. The number of nitrogen functional groups attached to an aromatic ring is 1. The van der Waals surface area contributed by atoms with Gasteiger partial charge in [0.05, 0.1) is 4.90 Å². The molecule has 6 heteroatoms. The maximum Gasteiger partial charge on any atom is 0.262 e. The van der Waals surface area contributed by atoms with Crippen LogP contribution in [0.3, 0.4) is 0 Å². The van der Waals surface area contributed by atoms with E-state index >= 15 is 0 Å². The van der Waals surface area contributed by atoms with Crippen molar-refractivity contribution in [2.24, 2.45) is 0 Å². The van der Waals surface area contributed by atoms with Gasteiger partial charge in [0, 0.05) is 15.8 Å². The number of anilines is 2. The van der Waals surface area contributed by atoms with Gasteiger partial charge in [0.15, 0.2) is 0 Å². The molecule has 0 aliphatic rings. The van der Waals surface area contributed by atoms with Gasteiger partial charge in [-0.2, -0.15) is 0 Å². The van der Waals surface area contributed by atoms with Crippen LogP contribution >= 0.6 is 15.9 Å². The van der Waals surface area contributed by atoms with Gasteiger partial charge in [-0.05, 0) is 42.8 Å². The fourth-order valence-corrected chi connectivity index (χ4v) is 3.40. The van der Waals surface area contributed by atoms with Gasteiger partial charge < -0.3 is 5.73 Å². The largest absolute Gasteiger partial charge is 0.399 e. The molecule has 2 aromatic rings. The van der Waals surface area contributed by atoms with E-state index in [0.29, 0.717) is 16.9 Å². The van der Waals surface area contributed by atoms with E-state index in [1.165, 1.54) is 6.07 Å². The first kappa shape index (κ1) is 13.9. The lowest BCUT2D eigenvalue weighted by molar-refractivity contribution is 0.600. The van der Waals surface area contributed by atoms with Crippen molar-refractivity contribution in [2.75, 3.05) is 10.5 Å². The Morgan fingerprint density at radius 3 is 2.58 bits per heavy atom. The molecule has 4 nitrogen and oxygen atoms in total. The van der Waals surface area contributed by atoms with Gasteiger partial charge in [-0.1, -0.05) is 28.1 Å². The molecule has 0 saturated heterocycles. The first-order valence-corrected chi connectivity index (χ1v) is 7.80. The molecule has 0 aliphatic heterocycles. The van der Waals surface area contributed by atoms with Crippen molar-refractivity contribution in [1.29, 1.82) is 0 Å². The molecule has 0 atom stereocenters. The number of halogens is 1. The molecule has 0 saturated carbocycles. The Morgan fingerprint density at radius 1 is 1.16 bits per heavy atom. The van der Waals surface area contributed by atoms with Crippen molar-refractivity contribution < 1.29 is 8.42 Å². The summed E-state index contributed by atoms with van der Waals surface area (Å²) in [6.45, 7) is 1.73. The number of nitrogens with one attached hydrogen (secondary N) is 1. The van der Waals surface area contributed by atoms with Crippen molar-refractivity contribution in [1.82, 2.24) is 0 Å². The van der Waals surface area contributed by atoms with Gasteiger partial charge in [-0.25, -0.2) is 8.42 Å². The molecule has 0 amide bonds. The number of rotatable bonds is 3. The molecule has 0 fully saturated rings. The number of hydrogen-bond donors (Lipinski definition) is 2. The normalized spacial score (nSPS) is 11.3. The zero-order chi connectivity index (χ0) is 14.0. The number of sulfonamides is 1. The average Bonchev–Trinajstić information content (AvgIpc) is 2.31. The second-order valence-corrected chi connectivity index (χ2v) is 6.71. The van der Waals surface area contributed by atoms with Crippen LogP contribution in [-0.4, -0.2) is 8.42 Å². The second-order valence-electron chi connectivity index (χ2n) is 4.14. The Kier molecular flexibility index (Phi) is 3.82. The highest BCUT2D eigenvalue weighted by molar-refractivity contribution is 9.10. The number of nitrogens with two attached hydrogens (primary N) is 1. The molecule has 0 aliphatic carbocycles. The average molecular weight is 341 g/mol. The summed E-state index contributed by atoms with van der Waals surface area (Å²) in [6, 6.07) is 11.8. The molecule has 0 spiro atoms. The Labute approximate surface area is 120 Å². The molecule has 2 aromatic carbocycles. The summed E-state index contributed by atoms with van der Waals surface area (Å²) in [5, 5.41) is 0. The standard InChI is InChI=1S/C13H13BrN2O2S/c1-9-5-6-11(15)8-13(9)19(17,18)16-12-4-2-3-10(14)7-12/h2-8,16H,15H2,1H3. The van der Waals surface area contributed by atoms with Crippen molar-refractivity contribution in [3.8, 4) is 0 Å². The molecule has 0 radical (unpaired) electrons. The maximum atomic E-state index is 12.3. The summed E-state index contributed by atoms with van der Waals surface area (Å²) in [5.41, 5.74) is 7.21. The lowest BCUT2D eigenvalue weighted by Crippen LogP contribution is -2.14. The van der Waals surface area contributed by atoms with Crippen molar-refractivity contribution >= 4 is 37.3 Å². The highest BCUT2D eigenvalue weighted by Gasteiger charge is 2.17. The number of aryl methyl sites for hydroxylation is 1. The Bertz CT molecular complexity index is 714. The summed E-state index contributed by atoms with van der Waals surface area (Å²) >= 11 is 3.30. The third-order valence-electron chi connectivity index (χ3n) is 2.58. The molecule has 3 N–H and O–H groups in total. The van der Waals surface area contributed by atoms with Crippen LogP contribution in [0.15, 0.2) is 51.8 Å². The fraction of sp³-hybridized carbons (Fsp3) is 0.0769. The van der Waals surface area contributed by atoms with Crippen LogP contribution in [0, 0.1) is 6.92 Å². The van der Waals surface area contributed by atoms with Crippen molar-refractivity contribution in [3.05, 3.63) is 52.5 Å². The zero-order valence-electron chi connectivity index (χ0n) is 10.2. The highest BCUT2D eigenvalue weighted by Crippen LogP contribution is 2.23. The number of benzene rings is 2. The quantitative estimate of drug-likeness (QED) is 0.843. The van der Waals surface area contributed by atoms with Gasteiger partial charge in [0.1, 0.15) is 0 Å². The van der Waals surface area contributed by atoms with Crippen LogP contribution in [-0.2, 0) is 10.0 Å². The topological polar surface area (TPSA) is 72.2 Å². The highest BCUT2D eigenvalue weighted by atomic mass is 79.9. The fourth-order valence-electron chi connectivity index (χ4n) is 1.67. The smallest absolute Gasteiger partial charge is 0.262 e. The van der Waals surface area contributed by atoms with Crippen LogP contribution in [0.1, 0.15) is 5.56 Å². The molecule has 0 aromatic heterocycles. The molecule has 2 rings (SSSR count). The second kappa shape index (κ2) is 5.22. The number of hydrogen-bond acceptors (Lipinski definition) is 3. The lowest BCUT2D eigenvalue weighted by Gasteiger charge is -2.11. The minimum absolute atomic E-state index is 0.187. The summed E-state index contributed by atoms with van der Waals surface area (Å²) in [7, 11) is -3.63. The van der Waals surface area contributed by atoms with E-state index in [1.807, 2.05) is 6.07 Å². The van der Waals surface area contributed by atoms with Gasteiger partial charge in [0.25, 0.3) is 10.0 Å². The van der Waals surface area contributed by atoms with E-state index in [4.69, 9.17) is 5.73 Å². The van der Waals surface area contributed by atoms with Crippen LogP contribution < -0.4 is 10.5 Å². The molecule has 0 unspecified atom stereocenters. The molecular formula is C13H13BrN2O2S. The van der Waals surface area contributed by atoms with E-state index in [2.05, 4.69) is 20.7 Å². The Balaban J connectivity index is 2.40. The van der Waals surface area contributed by atoms with E-state index in [0.717, 1.165) is 4.47 Å². The predicted molar refractivity (Wildman–Crippen MR) is 80.5 cm³/mol. The van der Waals surface area contributed by atoms with Crippen LogP contribution in [0.4, 0.5) is 11.4 Å². The SMILES string of the molecule is Cc1ccc(N)cc1S(=O)(=O)Nc1cccc(Br)c1. The minimum atomic E-state index is -3.63. The Hall–Kier alpha value is -1.53. The summed E-state index contributed by atoms with van der Waals surface area (Å²) in [6.07, 6.45) is 0. The summed E-state index contributed by atoms with van der Waals surface area (Å²) in [4.78, 5) is 0.187. The van der Waals surface area contributed by atoms with Crippen molar-refractivity contribution in [3.63, 3.8) is 0 Å². The third kappa shape index (κ3) is 3.27. The van der Waals surface area contributed by atoms with Crippen LogP contribution in [0.2, 0.25) is 0 Å². The monoisotopic (exact) mass is 340 g/mol. The Morgan fingerprint density at radius 2 is 1.89 bits per heavy atom. The van der Waals surface area contributed by atoms with Gasteiger partial charge in [-0.3, -0.25) is 4.72 Å². The van der Waals surface area contributed by atoms with E-state index in [1.54, 1.807) is 37.3 Å². The molecule has 100 valence electrons. The van der Waals surface area contributed by atoms with E-state index in [9.17, 15) is 8.42 Å².